The first-order chi connectivity index (χ1) is 13.1. The average molecular weight is 386 g/mol. The maximum atomic E-state index is 12.9. The van der Waals surface area contributed by atoms with Crippen molar-refractivity contribution in [2.24, 2.45) is 4.99 Å². The number of hydrogen-bond acceptors (Lipinski definition) is 5. The van der Waals surface area contributed by atoms with Crippen molar-refractivity contribution < 1.29 is 13.9 Å². The van der Waals surface area contributed by atoms with Gasteiger partial charge >= 0.3 is 12.1 Å². The van der Waals surface area contributed by atoms with Crippen molar-refractivity contribution in [1.29, 1.82) is 0 Å². The van der Waals surface area contributed by atoms with Gasteiger partial charge in [0.25, 0.3) is 0 Å². The molecule has 2 aliphatic rings. The van der Waals surface area contributed by atoms with E-state index in [0.29, 0.717) is 11.7 Å². The lowest BCUT2D eigenvalue weighted by atomic mass is 10.1. The summed E-state index contributed by atoms with van der Waals surface area (Å²) in [5.74, 6) is 0.757. The third kappa shape index (κ3) is 4.33. The summed E-state index contributed by atoms with van der Waals surface area (Å²) in [4.78, 5) is 18.4. The van der Waals surface area contributed by atoms with E-state index in [4.69, 9.17) is 4.74 Å². The standard InChI is InChI=1S/C19H19FN4O2S/c1-24(15-4-2-3-13(11-15)12-5-6-12)19(25)22-18-21-17(23-27-18)26-16-9-7-14(20)8-10-16/h2-4,7-12,18H,5-6H2,1H3,(H,21,23)(H,22,25). The van der Waals surface area contributed by atoms with Crippen molar-refractivity contribution in [3.63, 3.8) is 0 Å². The molecule has 1 fully saturated rings. The number of urea groups is 1. The number of halogens is 1. The molecule has 140 valence electrons. The summed E-state index contributed by atoms with van der Waals surface area (Å²) in [6.07, 6.45) is 2.44. The second-order valence-electron chi connectivity index (χ2n) is 6.44. The molecule has 2 N–H and O–H groups in total. The molecule has 8 heteroatoms. The number of anilines is 1. The van der Waals surface area contributed by atoms with Gasteiger partial charge in [-0.1, -0.05) is 12.1 Å². The Labute approximate surface area is 160 Å². The molecular formula is C19H19FN4O2S. The van der Waals surface area contributed by atoms with Crippen molar-refractivity contribution >= 4 is 29.7 Å². The van der Waals surface area contributed by atoms with Gasteiger partial charge in [0.15, 0.2) is 5.50 Å². The Morgan fingerprint density at radius 3 is 2.81 bits per heavy atom. The number of amides is 2. The predicted octanol–water partition coefficient (Wildman–Crippen LogP) is 3.82. The van der Waals surface area contributed by atoms with Crippen molar-refractivity contribution in [3.8, 4) is 5.75 Å². The number of carbonyl (C=O) groups excluding carboxylic acids is 1. The Morgan fingerprint density at radius 1 is 1.30 bits per heavy atom. The summed E-state index contributed by atoms with van der Waals surface area (Å²) < 4.78 is 21.4. The highest BCUT2D eigenvalue weighted by Gasteiger charge is 2.26. The fourth-order valence-electron chi connectivity index (χ4n) is 2.71. The molecule has 2 aromatic carbocycles. The maximum Gasteiger partial charge on any atom is 0.323 e. The van der Waals surface area contributed by atoms with Crippen LogP contribution in [0.5, 0.6) is 5.75 Å². The number of nitrogens with one attached hydrogen (secondary N) is 2. The minimum absolute atomic E-state index is 0.256. The van der Waals surface area contributed by atoms with Crippen LogP contribution in [0.1, 0.15) is 24.3 Å². The lowest BCUT2D eigenvalue weighted by Gasteiger charge is -2.20. The number of benzene rings is 2. The third-order valence-corrected chi connectivity index (χ3v) is 5.12. The Balaban J connectivity index is 1.35. The van der Waals surface area contributed by atoms with Crippen LogP contribution < -0.4 is 19.7 Å². The SMILES string of the molecule is CN(C(=O)NC1N=C(Oc2ccc(F)cc2)NS1)c1cccc(C2CC2)c1. The van der Waals surface area contributed by atoms with Gasteiger partial charge in [-0.2, -0.15) is 4.99 Å². The number of hydrogen-bond donors (Lipinski definition) is 2. The Kier molecular flexibility index (Phi) is 4.89. The van der Waals surface area contributed by atoms with Crippen molar-refractivity contribution in [3.05, 3.63) is 59.9 Å². The molecule has 6 nitrogen and oxygen atoms in total. The van der Waals surface area contributed by atoms with Crippen LogP contribution in [0.4, 0.5) is 14.9 Å². The summed E-state index contributed by atoms with van der Waals surface area (Å²) in [6, 6.07) is 13.7. The topological polar surface area (TPSA) is 66.0 Å². The Bertz CT molecular complexity index is 870. The Hall–Kier alpha value is -2.74. The van der Waals surface area contributed by atoms with Crippen LogP contribution in [-0.4, -0.2) is 24.6 Å². The lowest BCUT2D eigenvalue weighted by molar-refractivity contribution is 0.247. The summed E-state index contributed by atoms with van der Waals surface area (Å²) in [5, 5.41) is 2.83. The first-order valence-corrected chi connectivity index (χ1v) is 9.53. The molecule has 0 spiro atoms. The molecule has 0 radical (unpaired) electrons. The van der Waals surface area contributed by atoms with Crippen LogP contribution in [0.15, 0.2) is 53.5 Å². The highest BCUT2D eigenvalue weighted by Crippen LogP contribution is 2.40. The van der Waals surface area contributed by atoms with E-state index in [9.17, 15) is 9.18 Å². The molecule has 1 saturated carbocycles. The molecule has 2 amide bonds. The van der Waals surface area contributed by atoms with E-state index in [1.54, 1.807) is 11.9 Å². The van der Waals surface area contributed by atoms with E-state index >= 15 is 0 Å². The zero-order valence-corrected chi connectivity index (χ0v) is 15.5. The molecule has 0 bridgehead atoms. The molecule has 27 heavy (non-hydrogen) atoms. The van der Waals surface area contributed by atoms with Crippen LogP contribution in [0.2, 0.25) is 0 Å². The molecule has 1 unspecified atom stereocenters. The maximum absolute atomic E-state index is 12.9. The fraction of sp³-hybridized carbons (Fsp3) is 0.263. The van der Waals surface area contributed by atoms with E-state index in [0.717, 1.165) is 5.69 Å². The zero-order valence-electron chi connectivity index (χ0n) is 14.7. The van der Waals surface area contributed by atoms with E-state index in [1.807, 2.05) is 12.1 Å². The van der Waals surface area contributed by atoms with Crippen molar-refractivity contribution in [2.45, 2.75) is 24.3 Å². The smallest absolute Gasteiger partial charge is 0.323 e. The second-order valence-corrected chi connectivity index (χ2v) is 7.33. The largest absolute Gasteiger partial charge is 0.425 e. The molecule has 4 rings (SSSR count). The first-order valence-electron chi connectivity index (χ1n) is 8.65. The molecule has 0 saturated heterocycles. The van der Waals surface area contributed by atoms with Gasteiger partial charge in [-0.15, -0.1) is 0 Å². The summed E-state index contributed by atoms with van der Waals surface area (Å²) in [7, 11) is 1.73. The van der Waals surface area contributed by atoms with Crippen LogP contribution in [-0.2, 0) is 0 Å². The monoisotopic (exact) mass is 386 g/mol. The van der Waals surface area contributed by atoms with Crippen LogP contribution in [0, 0.1) is 5.82 Å². The predicted molar refractivity (Wildman–Crippen MR) is 104 cm³/mol. The van der Waals surface area contributed by atoms with E-state index in [1.165, 1.54) is 54.6 Å². The Morgan fingerprint density at radius 2 is 2.07 bits per heavy atom. The van der Waals surface area contributed by atoms with Crippen LogP contribution in [0.25, 0.3) is 0 Å². The van der Waals surface area contributed by atoms with Crippen LogP contribution in [0.3, 0.4) is 0 Å². The van der Waals surface area contributed by atoms with Gasteiger partial charge in [0.1, 0.15) is 11.6 Å². The zero-order chi connectivity index (χ0) is 18.8. The number of nitrogens with zero attached hydrogens (tertiary/aromatic N) is 2. The minimum Gasteiger partial charge on any atom is -0.425 e. The highest BCUT2D eigenvalue weighted by atomic mass is 32.2. The molecule has 2 aromatic rings. The number of aliphatic imine (C=N–C) groups is 1. The summed E-state index contributed by atoms with van der Waals surface area (Å²) in [5.41, 5.74) is 1.61. The molecule has 1 heterocycles. The normalized spacial score (nSPS) is 18.4. The number of rotatable bonds is 4. The highest BCUT2D eigenvalue weighted by molar-refractivity contribution is 7.98. The molecular weight excluding hydrogens is 367 g/mol. The molecule has 0 aromatic heterocycles. The fourth-order valence-corrected chi connectivity index (χ4v) is 3.33. The van der Waals surface area contributed by atoms with Crippen molar-refractivity contribution in [1.82, 2.24) is 10.0 Å². The van der Waals surface area contributed by atoms with Gasteiger partial charge in [0.05, 0.1) is 0 Å². The molecule has 1 aliphatic carbocycles. The minimum atomic E-state index is -0.512. The lowest BCUT2D eigenvalue weighted by Crippen LogP contribution is -2.41. The van der Waals surface area contributed by atoms with Gasteiger partial charge in [-0.3, -0.25) is 9.62 Å². The number of carbonyl (C=O) groups is 1. The summed E-state index contributed by atoms with van der Waals surface area (Å²) in [6.45, 7) is 0. The first kappa shape index (κ1) is 17.7. The van der Waals surface area contributed by atoms with E-state index in [-0.39, 0.29) is 17.9 Å². The van der Waals surface area contributed by atoms with Gasteiger partial charge < -0.3 is 10.1 Å². The van der Waals surface area contributed by atoms with Gasteiger partial charge in [0.2, 0.25) is 0 Å². The van der Waals surface area contributed by atoms with Crippen molar-refractivity contribution in [2.75, 3.05) is 11.9 Å². The number of amidine groups is 1. The number of ether oxygens (including phenoxy) is 1. The van der Waals surface area contributed by atoms with Gasteiger partial charge in [-0.05, 0) is 60.7 Å². The second kappa shape index (κ2) is 7.48. The molecule has 1 atom stereocenters. The van der Waals surface area contributed by atoms with Gasteiger partial charge in [-0.25, -0.2) is 9.18 Å². The summed E-state index contributed by atoms with van der Waals surface area (Å²) >= 11 is 1.22. The third-order valence-electron chi connectivity index (χ3n) is 4.38. The molecule has 1 aliphatic heterocycles. The van der Waals surface area contributed by atoms with Crippen LogP contribution >= 0.6 is 11.9 Å². The van der Waals surface area contributed by atoms with E-state index < -0.39 is 5.50 Å². The quantitative estimate of drug-likeness (QED) is 0.784. The van der Waals surface area contributed by atoms with Gasteiger partial charge in [0, 0.05) is 24.7 Å². The average Bonchev–Trinajstić information content (AvgIpc) is 3.45. The van der Waals surface area contributed by atoms with E-state index in [2.05, 4.69) is 27.2 Å².